The summed E-state index contributed by atoms with van der Waals surface area (Å²) in [5.74, 6) is -0.152. The number of carbonyl (C=O) groups is 1. The van der Waals surface area contributed by atoms with Gasteiger partial charge in [0, 0.05) is 11.6 Å². The molecule has 0 saturated heterocycles. The van der Waals surface area contributed by atoms with Crippen LogP contribution in [0.2, 0.25) is 5.02 Å². The number of hydrogen-bond acceptors (Lipinski definition) is 4. The van der Waals surface area contributed by atoms with Gasteiger partial charge in [-0.1, -0.05) is 41.6 Å². The minimum Gasteiger partial charge on any atom is -0.352 e. The number of halogens is 1. The van der Waals surface area contributed by atoms with Gasteiger partial charge in [0.15, 0.2) is 5.16 Å². The van der Waals surface area contributed by atoms with E-state index < -0.39 is 5.25 Å². The van der Waals surface area contributed by atoms with Crippen LogP contribution >= 0.6 is 23.4 Å². The van der Waals surface area contributed by atoms with Gasteiger partial charge in [-0.15, -0.1) is 6.58 Å². The molecule has 1 amide bonds. The van der Waals surface area contributed by atoms with E-state index in [1.165, 1.54) is 11.8 Å². The fourth-order valence-corrected chi connectivity index (χ4v) is 3.86. The molecule has 1 heterocycles. The van der Waals surface area contributed by atoms with Gasteiger partial charge in [0.25, 0.3) is 5.56 Å². The third kappa shape index (κ3) is 4.29. The standard InChI is InChI=1S/C21H20ClN3O2S/c1-4-10-23-19(26)14(3)28-21-24-18-12-15(22)8-9-17(18)20(27)25(21)16-7-5-6-13(2)11-16/h4-9,11-12,14H,1,10H2,2-3H3,(H,23,26). The second kappa shape index (κ2) is 8.63. The summed E-state index contributed by atoms with van der Waals surface area (Å²) in [6, 6.07) is 12.6. The zero-order valence-corrected chi connectivity index (χ0v) is 17.2. The van der Waals surface area contributed by atoms with E-state index in [4.69, 9.17) is 11.6 Å². The molecule has 0 fully saturated rings. The van der Waals surface area contributed by atoms with Crippen molar-refractivity contribution >= 4 is 40.2 Å². The van der Waals surface area contributed by atoms with Gasteiger partial charge in [0.1, 0.15) is 0 Å². The molecule has 5 nitrogen and oxygen atoms in total. The van der Waals surface area contributed by atoms with E-state index in [9.17, 15) is 9.59 Å². The number of aryl methyl sites for hydroxylation is 1. The molecule has 3 rings (SSSR count). The number of benzene rings is 2. The Labute approximate surface area is 172 Å². The molecule has 28 heavy (non-hydrogen) atoms. The van der Waals surface area contributed by atoms with Crippen molar-refractivity contribution in [1.29, 1.82) is 0 Å². The van der Waals surface area contributed by atoms with Gasteiger partial charge in [-0.05, 0) is 49.7 Å². The molecule has 0 radical (unpaired) electrons. The van der Waals surface area contributed by atoms with Gasteiger partial charge in [0.2, 0.25) is 5.91 Å². The first-order chi connectivity index (χ1) is 13.4. The van der Waals surface area contributed by atoms with Gasteiger partial charge in [-0.25, -0.2) is 4.98 Å². The molecule has 0 saturated carbocycles. The van der Waals surface area contributed by atoms with Crippen molar-refractivity contribution in [1.82, 2.24) is 14.9 Å². The highest BCUT2D eigenvalue weighted by atomic mass is 35.5. The zero-order valence-electron chi connectivity index (χ0n) is 15.6. The van der Waals surface area contributed by atoms with Crippen LogP contribution in [0.4, 0.5) is 0 Å². The summed E-state index contributed by atoms with van der Waals surface area (Å²) in [5.41, 5.74) is 2.03. The molecule has 1 N–H and O–H groups in total. The van der Waals surface area contributed by atoms with Crippen molar-refractivity contribution in [3.05, 3.63) is 76.1 Å². The van der Waals surface area contributed by atoms with Crippen LogP contribution in [0.15, 0.2) is 65.1 Å². The zero-order chi connectivity index (χ0) is 20.3. The number of aromatic nitrogens is 2. The number of hydrogen-bond donors (Lipinski definition) is 1. The lowest BCUT2D eigenvalue weighted by Gasteiger charge is -2.16. The molecule has 0 aliphatic heterocycles. The largest absolute Gasteiger partial charge is 0.352 e. The van der Waals surface area contributed by atoms with Crippen molar-refractivity contribution < 1.29 is 4.79 Å². The summed E-state index contributed by atoms with van der Waals surface area (Å²) in [6.07, 6.45) is 1.62. The Morgan fingerprint density at radius 1 is 1.36 bits per heavy atom. The molecular formula is C21H20ClN3O2S. The number of nitrogens with one attached hydrogen (secondary N) is 1. The Bertz CT molecular complexity index is 1110. The van der Waals surface area contributed by atoms with Crippen LogP contribution in [0.25, 0.3) is 16.6 Å². The molecule has 3 aromatic rings. The Balaban J connectivity index is 2.15. The van der Waals surface area contributed by atoms with E-state index in [1.54, 1.807) is 35.8 Å². The number of amides is 1. The van der Waals surface area contributed by atoms with Crippen molar-refractivity contribution in [2.75, 3.05) is 6.54 Å². The third-order valence-electron chi connectivity index (χ3n) is 4.13. The van der Waals surface area contributed by atoms with Crippen LogP contribution in [-0.2, 0) is 4.79 Å². The van der Waals surface area contributed by atoms with Gasteiger partial charge in [-0.3, -0.25) is 14.2 Å². The number of fused-ring (bicyclic) bond motifs is 1. The molecule has 7 heteroatoms. The first-order valence-corrected chi connectivity index (χ1v) is 10.0. The monoisotopic (exact) mass is 413 g/mol. The predicted molar refractivity (Wildman–Crippen MR) is 116 cm³/mol. The fourth-order valence-electron chi connectivity index (χ4n) is 2.74. The molecule has 0 aliphatic carbocycles. The van der Waals surface area contributed by atoms with Crippen LogP contribution in [0.5, 0.6) is 0 Å². The number of thioether (sulfide) groups is 1. The van der Waals surface area contributed by atoms with Gasteiger partial charge < -0.3 is 5.32 Å². The van der Waals surface area contributed by atoms with Crippen LogP contribution in [0.3, 0.4) is 0 Å². The molecule has 1 atom stereocenters. The normalized spacial score (nSPS) is 12.0. The van der Waals surface area contributed by atoms with E-state index in [-0.39, 0.29) is 11.5 Å². The molecule has 0 aliphatic rings. The maximum absolute atomic E-state index is 13.2. The number of rotatable bonds is 6. The summed E-state index contributed by atoms with van der Waals surface area (Å²) in [4.78, 5) is 30.2. The Hall–Kier alpha value is -2.57. The van der Waals surface area contributed by atoms with E-state index in [0.717, 1.165) is 5.56 Å². The Kier molecular flexibility index (Phi) is 6.21. The minimum absolute atomic E-state index is 0.152. The topological polar surface area (TPSA) is 64.0 Å². The highest BCUT2D eigenvalue weighted by Gasteiger charge is 2.20. The van der Waals surface area contributed by atoms with Gasteiger partial charge in [0.05, 0.1) is 21.8 Å². The molecule has 144 valence electrons. The first-order valence-electron chi connectivity index (χ1n) is 8.75. The lowest BCUT2D eigenvalue weighted by atomic mass is 10.2. The van der Waals surface area contributed by atoms with Crippen LogP contribution < -0.4 is 10.9 Å². The van der Waals surface area contributed by atoms with Crippen LogP contribution in [0.1, 0.15) is 12.5 Å². The molecular weight excluding hydrogens is 394 g/mol. The summed E-state index contributed by atoms with van der Waals surface area (Å²) >= 11 is 7.31. The predicted octanol–water partition coefficient (Wildman–Crippen LogP) is 4.13. The molecule has 0 bridgehead atoms. The molecule has 2 aromatic carbocycles. The van der Waals surface area contributed by atoms with E-state index in [2.05, 4.69) is 16.9 Å². The number of nitrogens with zero attached hydrogens (tertiary/aromatic N) is 2. The Morgan fingerprint density at radius 3 is 2.86 bits per heavy atom. The van der Waals surface area contributed by atoms with Crippen LogP contribution in [0, 0.1) is 6.92 Å². The van der Waals surface area contributed by atoms with Crippen molar-refractivity contribution in [2.24, 2.45) is 0 Å². The van der Waals surface area contributed by atoms with E-state index in [0.29, 0.717) is 33.3 Å². The van der Waals surface area contributed by atoms with E-state index in [1.807, 2.05) is 31.2 Å². The lowest BCUT2D eigenvalue weighted by Crippen LogP contribution is -2.32. The second-order valence-corrected chi connectivity index (χ2v) is 8.07. The van der Waals surface area contributed by atoms with Crippen molar-refractivity contribution in [2.45, 2.75) is 24.3 Å². The van der Waals surface area contributed by atoms with E-state index >= 15 is 0 Å². The average molecular weight is 414 g/mol. The Morgan fingerprint density at radius 2 is 2.14 bits per heavy atom. The SMILES string of the molecule is C=CCNC(=O)C(C)Sc1nc2cc(Cl)ccc2c(=O)n1-c1cccc(C)c1. The van der Waals surface area contributed by atoms with Gasteiger partial charge >= 0.3 is 0 Å². The minimum atomic E-state index is -0.445. The first kappa shape index (κ1) is 20.2. The summed E-state index contributed by atoms with van der Waals surface area (Å²) in [5, 5.41) is 3.73. The second-order valence-electron chi connectivity index (χ2n) is 6.33. The smallest absolute Gasteiger partial charge is 0.266 e. The fraction of sp³-hybridized carbons (Fsp3) is 0.190. The third-order valence-corrected chi connectivity index (χ3v) is 5.42. The van der Waals surface area contributed by atoms with Crippen molar-refractivity contribution in [3.63, 3.8) is 0 Å². The van der Waals surface area contributed by atoms with Crippen molar-refractivity contribution in [3.8, 4) is 5.69 Å². The molecule has 0 spiro atoms. The quantitative estimate of drug-likeness (QED) is 0.375. The highest BCUT2D eigenvalue weighted by molar-refractivity contribution is 8.00. The van der Waals surface area contributed by atoms with Gasteiger partial charge in [-0.2, -0.15) is 0 Å². The highest BCUT2D eigenvalue weighted by Crippen LogP contribution is 2.26. The summed E-state index contributed by atoms with van der Waals surface area (Å²) in [6.45, 7) is 7.72. The van der Waals surface area contributed by atoms with Crippen LogP contribution in [-0.4, -0.2) is 27.3 Å². The molecule has 1 unspecified atom stereocenters. The molecule has 1 aromatic heterocycles. The summed E-state index contributed by atoms with van der Waals surface area (Å²) < 4.78 is 1.55. The maximum Gasteiger partial charge on any atom is 0.266 e. The lowest BCUT2D eigenvalue weighted by molar-refractivity contribution is -0.120. The number of carbonyl (C=O) groups excluding carboxylic acids is 1. The maximum atomic E-state index is 13.2. The average Bonchev–Trinajstić information content (AvgIpc) is 2.65. The summed E-state index contributed by atoms with van der Waals surface area (Å²) in [7, 11) is 0.